The van der Waals surface area contributed by atoms with E-state index in [2.05, 4.69) is 26.6 Å². The van der Waals surface area contributed by atoms with Crippen molar-refractivity contribution < 1.29 is 170 Å². The van der Waals surface area contributed by atoms with Gasteiger partial charge in [0.2, 0.25) is 29.4 Å². The molecule has 1 aliphatic carbocycles. The molecule has 134 heavy (non-hydrogen) atoms. The summed E-state index contributed by atoms with van der Waals surface area (Å²) >= 11 is 0. The molecule has 41 heteroatoms. The highest BCUT2D eigenvalue weighted by Gasteiger charge is 2.54. The molecule has 2 bridgehead atoms. The lowest BCUT2D eigenvalue weighted by molar-refractivity contribution is -0.265. The van der Waals surface area contributed by atoms with Gasteiger partial charge in [0.1, 0.15) is 42.7 Å². The van der Waals surface area contributed by atoms with Gasteiger partial charge in [-0.05, 0) is 159 Å². The zero-order chi connectivity index (χ0) is 101. The molecule has 4 aliphatic rings. The van der Waals surface area contributed by atoms with Crippen molar-refractivity contribution in [3.8, 4) is 0 Å². The van der Waals surface area contributed by atoms with Crippen LogP contribution in [0.1, 0.15) is 248 Å². The SMILES string of the molecule is CNC(CCC(=O)O)C(=O)NC(CCC(=O)O)C(=O)CC(CCC(=O)O)C(=O)NC(CCC(=O)O)C(=O)CC(CCC(=O)O)C(=O)NC(CCC(=O)O)C(=O)CCC(=O)O.CO[C@H]1C[C@@H]2CC[C@@H](C)[C@@](O)(O2)C(=O)C(=O)N2CCCC[C@H]2C(=O)O[C@H]([C@H](C)C[C@@H]2CC[C@@H](OCNC(=O)CCC(C)=O)[C@H](OC)C2)CC(=O)[C@H](C)/C=C(\C)[C@@H](O)[C@@H](OC)C(=O)[C@H](C)C[C@H](C)/C=C/C=CC=C1C. The number of rotatable bonds is 47. The minimum Gasteiger partial charge on any atom is -0.481 e. The Balaban J connectivity index is 0.000000707. The van der Waals surface area contributed by atoms with E-state index in [1.807, 2.05) is 51.2 Å². The molecule has 3 aliphatic heterocycles. The Hall–Kier alpha value is -10.6. The smallest absolute Gasteiger partial charge is 0.329 e. The van der Waals surface area contributed by atoms with Gasteiger partial charge in [-0.1, -0.05) is 71.1 Å². The summed E-state index contributed by atoms with van der Waals surface area (Å²) in [5.74, 6) is -27.6. The number of esters is 1. The maximum absolute atomic E-state index is 14.6. The number of allylic oxidation sites excluding steroid dienone is 6. The molecule has 1 saturated carbocycles. The fourth-order valence-corrected chi connectivity index (χ4v) is 16.6. The highest BCUT2D eigenvalue weighted by atomic mass is 16.6. The van der Waals surface area contributed by atoms with E-state index in [-0.39, 0.29) is 98.6 Å². The number of carbonyl (C=O) groups is 20. The van der Waals surface area contributed by atoms with Crippen molar-refractivity contribution >= 4 is 118 Å². The molecule has 5 amide bonds. The molecule has 3 heterocycles. The monoisotopic (exact) mass is 1900 g/mol. The van der Waals surface area contributed by atoms with Crippen molar-refractivity contribution in [2.45, 2.75) is 327 Å². The van der Waals surface area contributed by atoms with E-state index in [0.717, 1.165) is 5.57 Å². The molecule has 0 aromatic heterocycles. The molecule has 0 radical (unpaired) electrons. The quantitative estimate of drug-likeness (QED) is 0.0156. The van der Waals surface area contributed by atoms with Crippen LogP contribution in [0.3, 0.4) is 0 Å². The zero-order valence-electron chi connectivity index (χ0n) is 78.7. The van der Waals surface area contributed by atoms with Crippen LogP contribution in [-0.2, 0) is 124 Å². The van der Waals surface area contributed by atoms with Crippen LogP contribution in [0.4, 0.5) is 0 Å². The van der Waals surface area contributed by atoms with E-state index in [4.69, 9.17) is 43.7 Å². The predicted molar refractivity (Wildman–Crippen MR) is 475 cm³/mol. The number of ether oxygens (including phenoxy) is 6. The number of nitrogens with zero attached hydrogens (tertiary/aromatic N) is 1. The second-order valence-electron chi connectivity index (χ2n) is 35.4. The van der Waals surface area contributed by atoms with E-state index in [1.54, 1.807) is 48.0 Å². The summed E-state index contributed by atoms with van der Waals surface area (Å²) in [5, 5.41) is 99.8. The molecule has 14 N–H and O–H groups in total. The van der Waals surface area contributed by atoms with Gasteiger partial charge in [0.05, 0.1) is 55.0 Å². The fraction of sp³-hybridized carbons (Fsp3) is 0.699. The average Bonchev–Trinajstić information content (AvgIpc) is 0.771. The molecule has 0 spiro atoms. The maximum atomic E-state index is 14.6. The van der Waals surface area contributed by atoms with Gasteiger partial charge in [-0.2, -0.15) is 0 Å². The number of hydrogen-bond acceptors (Lipinski definition) is 29. The van der Waals surface area contributed by atoms with Crippen LogP contribution in [0, 0.1) is 47.3 Å². The third-order valence-corrected chi connectivity index (χ3v) is 24.7. The summed E-state index contributed by atoms with van der Waals surface area (Å²) in [6, 6.07) is -7.23. The number of carboxylic acid groups (broad SMARTS) is 7. The Bertz CT molecular complexity index is 4180. The number of ketones is 7. The predicted octanol–water partition coefficient (Wildman–Crippen LogP) is 5.45. The number of aliphatic hydroxyl groups excluding tert-OH is 1. The first kappa shape index (κ1) is 118. The molecule has 4 rings (SSSR count). The second-order valence-corrected chi connectivity index (χ2v) is 35.4. The third kappa shape index (κ3) is 41.7. The van der Waals surface area contributed by atoms with Crippen LogP contribution >= 0.6 is 0 Å². The van der Waals surface area contributed by atoms with E-state index in [9.17, 15) is 127 Å². The Morgan fingerprint density at radius 2 is 1.08 bits per heavy atom. The number of cyclic esters (lactones) is 1. The molecule has 752 valence electrons. The molecule has 0 aromatic carbocycles. The van der Waals surface area contributed by atoms with Crippen LogP contribution in [0.2, 0.25) is 0 Å². The molecule has 2 saturated heterocycles. The molecular formula is C93H140N6O35. The van der Waals surface area contributed by atoms with Crippen molar-refractivity contribution in [2.75, 3.05) is 41.7 Å². The van der Waals surface area contributed by atoms with Crippen LogP contribution in [0.25, 0.3) is 0 Å². The number of carboxylic acids is 7. The number of aliphatic hydroxyl groups is 2. The molecule has 21 atom stereocenters. The van der Waals surface area contributed by atoms with Gasteiger partial charge < -0.3 is 111 Å². The molecule has 0 aromatic rings. The van der Waals surface area contributed by atoms with Crippen molar-refractivity contribution in [3.05, 3.63) is 47.6 Å². The number of hydrogen-bond donors (Lipinski definition) is 14. The van der Waals surface area contributed by atoms with Gasteiger partial charge in [0.15, 0.2) is 23.1 Å². The number of Topliss-reactive ketones (excluding diaryl/α,β-unsaturated/α-hetero) is 7. The normalized spacial score (nSPS) is 25.9. The van der Waals surface area contributed by atoms with Gasteiger partial charge in [-0.15, -0.1) is 0 Å². The van der Waals surface area contributed by atoms with Gasteiger partial charge >= 0.3 is 47.8 Å². The van der Waals surface area contributed by atoms with Gasteiger partial charge in [-0.3, -0.25) is 86.3 Å². The number of methoxy groups -OCH3 is 3. The Morgan fingerprint density at radius 3 is 1.59 bits per heavy atom. The summed E-state index contributed by atoms with van der Waals surface area (Å²) in [6.45, 7) is 14.1. The fourth-order valence-electron chi connectivity index (χ4n) is 16.6. The van der Waals surface area contributed by atoms with Crippen molar-refractivity contribution in [3.63, 3.8) is 0 Å². The number of fused-ring (bicyclic) bond motifs is 3. The zero-order valence-corrected chi connectivity index (χ0v) is 78.7. The average molecular weight is 1900 g/mol. The van der Waals surface area contributed by atoms with Crippen molar-refractivity contribution in [1.82, 2.24) is 31.5 Å². The van der Waals surface area contributed by atoms with Gasteiger partial charge in [-0.25, -0.2) is 4.79 Å². The van der Waals surface area contributed by atoms with Crippen LogP contribution < -0.4 is 26.6 Å². The second kappa shape index (κ2) is 60.0. The Morgan fingerprint density at radius 1 is 0.560 bits per heavy atom. The number of amides is 5. The van der Waals surface area contributed by atoms with E-state index >= 15 is 0 Å². The minimum absolute atomic E-state index is 0.00127. The van der Waals surface area contributed by atoms with Gasteiger partial charge in [0, 0.05) is 141 Å². The molecule has 3 fully saturated rings. The molecule has 6 unspecified atom stereocenters. The summed E-state index contributed by atoms with van der Waals surface area (Å²) < 4.78 is 35.8. The number of aliphatic carboxylic acids is 7. The lowest BCUT2D eigenvalue weighted by Crippen LogP contribution is -2.61. The lowest BCUT2D eigenvalue weighted by atomic mass is 9.78. The van der Waals surface area contributed by atoms with Crippen molar-refractivity contribution in [2.24, 2.45) is 47.3 Å². The third-order valence-electron chi connectivity index (χ3n) is 24.7. The molecule has 41 nitrogen and oxygen atoms in total. The first-order valence-electron chi connectivity index (χ1n) is 45.6. The summed E-state index contributed by atoms with van der Waals surface area (Å²) in [5.41, 5.74) is 1.24. The van der Waals surface area contributed by atoms with Gasteiger partial charge in [0.25, 0.3) is 11.7 Å². The first-order chi connectivity index (χ1) is 63.0. The number of likely N-dealkylation sites (N-methyl/N-ethyl adjacent to an activating group) is 1. The first-order valence-corrected chi connectivity index (χ1v) is 45.6. The summed E-state index contributed by atoms with van der Waals surface area (Å²) in [6.07, 6.45) is 1.27. The topological polar surface area (TPSA) is 642 Å². The maximum Gasteiger partial charge on any atom is 0.329 e. The molecular weight excluding hydrogens is 1760 g/mol. The van der Waals surface area contributed by atoms with Crippen LogP contribution in [0.5, 0.6) is 0 Å². The number of piperidine rings is 1. The standard InChI is InChI=1S/C57H88N2O15.C36H52N4O20/c1-34-17-13-12-14-18-35(2)47(69-9)31-43-23-20-40(7)57(68,74-43)54(65)55(66)59-26-16-15-19-44(59)56(67)73-48(32-45(61)36(3)28-39(6)52(64)53(71-11)51(63)38(5)27-34)37(4)29-42-22-24-46(49(30-42)70-10)72-33-58-50(62)25-21-41(8)60;1-37-23(7-14-32(54)55)36(60)40-22(6-13-31(52)53)26(43)17-19(3-10-28(46)47)35(59)39-21(5-12-30(50)51)25(42)16-18(2-9-27(44)45)34(58)38-20(4-11-29(48)49)24(41)8-15-33(56)57/h12-14,17-18,28,34,36-38,40,42-44,46-49,52-53,64,68H,15-16,19-27,29-33H2,1-11H3,(H,58,62);18-23,37H,2-17H2,1H3,(H,38,58)(H,39,59)(H,40,60)(H,44,45)(H,46,47)(H,48,49)(H,50,51)(H,52,53)(H,54,55)(H,56,57)/b14-12?,17-13+,35-18?,39-28+;/t34-,36-,37-,38-,40-,42+,43+,44+,46-,47+,48+,49-,52-,53+,57-;/m1./s1. The highest BCUT2D eigenvalue weighted by Crippen LogP contribution is 2.39. The number of nitrogens with one attached hydrogen (secondary N) is 5. The summed E-state index contributed by atoms with van der Waals surface area (Å²) in [7, 11) is 5.85. The minimum atomic E-state index is -2.46. The van der Waals surface area contributed by atoms with E-state index in [1.165, 1.54) is 26.0 Å². The van der Waals surface area contributed by atoms with E-state index in [0.29, 0.717) is 69.8 Å². The van der Waals surface area contributed by atoms with Crippen molar-refractivity contribution in [1.29, 1.82) is 0 Å². The Labute approximate surface area is 779 Å². The Kier molecular flexibility index (Phi) is 52.7. The summed E-state index contributed by atoms with van der Waals surface area (Å²) in [4.78, 5) is 255. The van der Waals surface area contributed by atoms with Crippen LogP contribution in [-0.4, -0.2) is 289 Å². The lowest BCUT2D eigenvalue weighted by Gasteiger charge is -2.42. The highest BCUT2D eigenvalue weighted by molar-refractivity contribution is 6.39. The van der Waals surface area contributed by atoms with E-state index < -0.39 is 287 Å². The van der Waals surface area contributed by atoms with Crippen LogP contribution in [0.15, 0.2) is 47.6 Å². The largest absolute Gasteiger partial charge is 0.481 e. The number of carbonyl (C=O) groups excluding carboxylic acids is 13.